The number of hydrogen-bond acceptors (Lipinski definition) is 6. The van der Waals surface area contributed by atoms with Gasteiger partial charge in [-0.05, 0) is 86.0 Å². The van der Waals surface area contributed by atoms with E-state index in [4.69, 9.17) is 10.00 Å². The molecule has 0 aromatic heterocycles. The first-order valence-electron chi connectivity index (χ1n) is 15.9. The number of nitriles is 2. The summed E-state index contributed by atoms with van der Waals surface area (Å²) in [6.07, 6.45) is 12.0. The second-order valence-corrected chi connectivity index (χ2v) is 16.1. The quantitative estimate of drug-likeness (QED) is 0.282. The van der Waals surface area contributed by atoms with E-state index in [1.807, 2.05) is 32.9 Å². The first kappa shape index (κ1) is 30.7. The van der Waals surface area contributed by atoms with Crippen molar-refractivity contribution in [3.8, 4) is 12.1 Å². The van der Waals surface area contributed by atoms with Gasteiger partial charge in [0.05, 0.1) is 23.9 Å². The standard InChI is InChI=1S/C36H49N3O3/c1-23(10-16-37)39-17-18-42-36-14-12-31(2,3)21-25(36)29-26(40)19-28-33(6)20-24(22-38)30(41)32(4,5)27(33)9-11-34(28,7)35(29,8)13-15-36/h10,19-20,25,27,29,39H,9,11-15,17-18,21H2,1-8H3/b23-10+/t25-,27-,29-,33-,34+,35+,36-/m0/s1. The first-order chi connectivity index (χ1) is 19.5. The summed E-state index contributed by atoms with van der Waals surface area (Å²) in [6.45, 7) is 18.6. The number of nitrogens with zero attached hydrogens (tertiary/aromatic N) is 2. The molecule has 6 heteroatoms. The SMILES string of the molecule is C/C(=C\C#N)NCCO[C@]12CCC(C)(C)C[C@H]1[C@H]1C(=O)C=C3[C@@]4(C)C=C(C#N)C(=O)C(C)(C)[C@@H]4CC[C@@]3(C)[C@]1(C)CC2. The summed E-state index contributed by atoms with van der Waals surface area (Å²) in [5.41, 5.74) is 0.355. The third-order valence-corrected chi connectivity index (χ3v) is 13.0. The maximum atomic E-state index is 14.6. The van der Waals surface area contributed by atoms with Gasteiger partial charge in [-0.15, -0.1) is 0 Å². The molecule has 0 radical (unpaired) electrons. The van der Waals surface area contributed by atoms with Crippen LogP contribution in [-0.2, 0) is 14.3 Å². The number of hydrogen-bond donors (Lipinski definition) is 1. The lowest BCUT2D eigenvalue weighted by Gasteiger charge is -2.69. The fraction of sp³-hybridized carbons (Fsp3) is 0.722. The summed E-state index contributed by atoms with van der Waals surface area (Å²) in [7, 11) is 0. The van der Waals surface area contributed by atoms with E-state index in [0.717, 1.165) is 56.2 Å². The smallest absolute Gasteiger partial charge is 0.178 e. The Morgan fingerprint density at radius 1 is 1.05 bits per heavy atom. The number of Topliss-reactive ketones (excluding diaryl/α,β-unsaturated/α-hetero) is 1. The summed E-state index contributed by atoms with van der Waals surface area (Å²) in [5, 5.41) is 22.2. The third-order valence-electron chi connectivity index (χ3n) is 13.0. The second kappa shape index (κ2) is 9.92. The summed E-state index contributed by atoms with van der Waals surface area (Å²) in [6, 6.07) is 4.27. The molecule has 3 saturated carbocycles. The number of ketones is 2. The number of carbonyl (C=O) groups is 2. The van der Waals surface area contributed by atoms with Crippen molar-refractivity contribution in [2.45, 2.75) is 106 Å². The second-order valence-electron chi connectivity index (χ2n) is 16.1. The van der Waals surface area contributed by atoms with Gasteiger partial charge in [-0.2, -0.15) is 10.5 Å². The summed E-state index contributed by atoms with van der Waals surface area (Å²) in [5.74, 6) is 0.172. The summed E-state index contributed by atoms with van der Waals surface area (Å²) < 4.78 is 6.85. The molecule has 226 valence electrons. The predicted octanol–water partition coefficient (Wildman–Crippen LogP) is 6.99. The van der Waals surface area contributed by atoms with Crippen LogP contribution < -0.4 is 5.32 Å². The Morgan fingerprint density at radius 2 is 1.74 bits per heavy atom. The molecule has 0 saturated heterocycles. The van der Waals surface area contributed by atoms with E-state index in [9.17, 15) is 14.9 Å². The highest BCUT2D eigenvalue weighted by Crippen LogP contribution is 2.73. The van der Waals surface area contributed by atoms with Crippen LogP contribution in [0.4, 0.5) is 0 Å². The molecular formula is C36H49N3O3. The van der Waals surface area contributed by atoms with Crippen molar-refractivity contribution in [3.05, 3.63) is 35.1 Å². The number of ether oxygens (including phenoxy) is 1. The van der Waals surface area contributed by atoms with Crippen LogP contribution >= 0.6 is 0 Å². The minimum atomic E-state index is -0.657. The lowest BCUT2D eigenvalue weighted by molar-refractivity contribution is -0.213. The van der Waals surface area contributed by atoms with Crippen LogP contribution in [0.1, 0.15) is 100 Å². The lowest BCUT2D eigenvalue weighted by Crippen LogP contribution is -2.66. The van der Waals surface area contributed by atoms with Crippen molar-refractivity contribution in [1.29, 1.82) is 10.5 Å². The van der Waals surface area contributed by atoms with E-state index >= 15 is 0 Å². The van der Waals surface area contributed by atoms with Crippen molar-refractivity contribution < 1.29 is 14.3 Å². The van der Waals surface area contributed by atoms with Gasteiger partial charge in [0.15, 0.2) is 11.6 Å². The lowest BCUT2D eigenvalue weighted by atomic mass is 9.35. The van der Waals surface area contributed by atoms with Crippen LogP contribution in [0.15, 0.2) is 35.1 Å². The Kier molecular flexibility index (Phi) is 7.26. The third kappa shape index (κ3) is 4.27. The van der Waals surface area contributed by atoms with E-state index in [1.165, 1.54) is 6.08 Å². The fourth-order valence-electron chi connectivity index (χ4n) is 10.5. The molecule has 5 aliphatic carbocycles. The van der Waals surface area contributed by atoms with Crippen LogP contribution in [0.5, 0.6) is 0 Å². The summed E-state index contributed by atoms with van der Waals surface area (Å²) >= 11 is 0. The average molecular weight is 572 g/mol. The maximum absolute atomic E-state index is 14.6. The normalized spacial score (nSPS) is 42.0. The zero-order chi connectivity index (χ0) is 30.9. The molecule has 0 spiro atoms. The van der Waals surface area contributed by atoms with Gasteiger partial charge in [0.25, 0.3) is 0 Å². The zero-order valence-electron chi connectivity index (χ0n) is 26.9. The van der Waals surface area contributed by atoms with Crippen LogP contribution in [0.25, 0.3) is 0 Å². The molecule has 6 nitrogen and oxygen atoms in total. The van der Waals surface area contributed by atoms with Gasteiger partial charge in [0.2, 0.25) is 0 Å². The monoisotopic (exact) mass is 571 g/mol. The molecule has 5 aliphatic rings. The largest absolute Gasteiger partial charge is 0.386 e. The molecule has 7 atom stereocenters. The number of nitrogens with one attached hydrogen (secondary N) is 1. The Morgan fingerprint density at radius 3 is 2.40 bits per heavy atom. The number of allylic oxidation sites excluding steroid dienone is 6. The number of carbonyl (C=O) groups excluding carboxylic acids is 2. The molecule has 0 amide bonds. The zero-order valence-corrected chi connectivity index (χ0v) is 26.9. The van der Waals surface area contributed by atoms with Gasteiger partial charge in [0.1, 0.15) is 6.07 Å². The Balaban J connectivity index is 1.56. The van der Waals surface area contributed by atoms with Crippen molar-refractivity contribution in [2.24, 2.45) is 44.8 Å². The Hall–Kier alpha value is -2.70. The Labute approximate surface area is 252 Å². The van der Waals surface area contributed by atoms with Crippen LogP contribution in [0, 0.1) is 67.5 Å². The predicted molar refractivity (Wildman–Crippen MR) is 163 cm³/mol. The van der Waals surface area contributed by atoms with Crippen molar-refractivity contribution in [3.63, 3.8) is 0 Å². The average Bonchev–Trinajstić information content (AvgIpc) is 2.90. The summed E-state index contributed by atoms with van der Waals surface area (Å²) in [4.78, 5) is 27.9. The van der Waals surface area contributed by atoms with Crippen molar-refractivity contribution >= 4 is 11.6 Å². The van der Waals surface area contributed by atoms with Crippen molar-refractivity contribution in [2.75, 3.05) is 13.2 Å². The molecule has 3 fully saturated rings. The van der Waals surface area contributed by atoms with Gasteiger partial charge in [-0.1, -0.05) is 60.1 Å². The highest BCUT2D eigenvalue weighted by atomic mass is 16.5. The molecule has 0 unspecified atom stereocenters. The van der Waals surface area contributed by atoms with Crippen molar-refractivity contribution in [1.82, 2.24) is 5.32 Å². The van der Waals surface area contributed by atoms with Gasteiger partial charge < -0.3 is 10.1 Å². The van der Waals surface area contributed by atoms with Crippen LogP contribution in [0.3, 0.4) is 0 Å². The molecule has 42 heavy (non-hydrogen) atoms. The van der Waals surface area contributed by atoms with E-state index in [-0.39, 0.29) is 56.7 Å². The molecule has 0 aliphatic heterocycles. The molecule has 5 rings (SSSR count). The molecule has 0 bridgehead atoms. The molecule has 0 aromatic carbocycles. The fourth-order valence-corrected chi connectivity index (χ4v) is 10.5. The van der Waals surface area contributed by atoms with Gasteiger partial charge in [-0.3, -0.25) is 9.59 Å². The van der Waals surface area contributed by atoms with E-state index < -0.39 is 10.8 Å². The molecule has 0 heterocycles. The molecular weight excluding hydrogens is 522 g/mol. The van der Waals surface area contributed by atoms with Crippen LogP contribution in [-0.4, -0.2) is 30.3 Å². The van der Waals surface area contributed by atoms with E-state index in [0.29, 0.717) is 13.2 Å². The minimum absolute atomic E-state index is 0.0487. The molecule has 0 aromatic rings. The molecule has 1 N–H and O–H groups in total. The first-order valence-corrected chi connectivity index (χ1v) is 15.9. The van der Waals surface area contributed by atoms with Gasteiger partial charge in [-0.25, -0.2) is 0 Å². The number of fused-ring (bicyclic) bond motifs is 7. The highest BCUT2D eigenvalue weighted by Gasteiger charge is 2.70. The number of rotatable bonds is 5. The van der Waals surface area contributed by atoms with Gasteiger partial charge in [0, 0.05) is 35.1 Å². The van der Waals surface area contributed by atoms with E-state index in [1.54, 1.807) is 0 Å². The Bertz CT molecular complexity index is 1370. The van der Waals surface area contributed by atoms with Crippen LogP contribution in [0.2, 0.25) is 0 Å². The minimum Gasteiger partial charge on any atom is -0.386 e. The van der Waals surface area contributed by atoms with Gasteiger partial charge >= 0.3 is 0 Å². The van der Waals surface area contributed by atoms with E-state index in [2.05, 4.69) is 52.1 Å². The topological polar surface area (TPSA) is 103 Å². The highest BCUT2D eigenvalue weighted by molar-refractivity contribution is 6.04. The maximum Gasteiger partial charge on any atom is 0.178 e.